The van der Waals surface area contributed by atoms with E-state index in [9.17, 15) is 22.0 Å². The predicted molar refractivity (Wildman–Crippen MR) is 183 cm³/mol. The van der Waals surface area contributed by atoms with Gasteiger partial charge < -0.3 is 4.57 Å². The van der Waals surface area contributed by atoms with E-state index in [-0.39, 0.29) is 17.8 Å². The summed E-state index contributed by atoms with van der Waals surface area (Å²) in [5.41, 5.74) is 4.72. The number of imidazole rings is 1. The van der Waals surface area contributed by atoms with Crippen LogP contribution < -0.4 is 9.03 Å². The fraction of sp³-hybridized carbons (Fsp3) is 0.222. The predicted octanol–water partition coefficient (Wildman–Crippen LogP) is 7.78. The molecule has 1 aliphatic heterocycles. The molecule has 0 unspecified atom stereocenters. The van der Waals surface area contributed by atoms with Gasteiger partial charge in [0.2, 0.25) is 0 Å². The average Bonchev–Trinajstić information content (AvgIpc) is 3.55. The molecular formula is C36H34F2N4O3S2. The minimum Gasteiger partial charge on any atom is -0.303 e. The number of carbonyl (C=O) groups excluding carboxylic acids is 1. The van der Waals surface area contributed by atoms with Gasteiger partial charge >= 0.3 is 10.2 Å². The normalized spacial score (nSPS) is 14.4. The number of aromatic nitrogens is 2. The maximum atomic E-state index is 14.8. The second-order valence-electron chi connectivity index (χ2n) is 12.7. The van der Waals surface area contributed by atoms with Crippen LogP contribution in [0.3, 0.4) is 0 Å². The van der Waals surface area contributed by atoms with Crippen molar-refractivity contribution < 1.29 is 22.0 Å². The molecule has 0 bridgehead atoms. The first kappa shape index (κ1) is 32.5. The van der Waals surface area contributed by atoms with Gasteiger partial charge in [-0.3, -0.25) is 4.79 Å². The molecule has 242 valence electrons. The second kappa shape index (κ2) is 13.0. The van der Waals surface area contributed by atoms with Gasteiger partial charge in [-0.2, -0.15) is 8.42 Å². The molecule has 0 aliphatic carbocycles. The number of hydrogen-bond donors (Lipinski definition) is 1. The molecule has 0 saturated carbocycles. The van der Waals surface area contributed by atoms with Crippen LogP contribution in [0, 0.1) is 17.0 Å². The number of rotatable bonds is 9. The van der Waals surface area contributed by atoms with Crippen molar-refractivity contribution in [2.24, 2.45) is 5.41 Å². The Hall–Kier alpha value is -4.48. The zero-order valence-electron chi connectivity index (χ0n) is 26.2. The number of nitrogens with zero attached hydrogens (tertiary/aromatic N) is 3. The standard InChI is InChI=1S/C36H34F2N4O3S2/c1-36(2,3)16-17-46-30-9-4-6-26(19-30)25-12-10-24(11-13-25)18-34-39-33(31-15-14-27(37)20-32(31)38)22-41(34)28-7-5-8-29(21-28)42-23-35(43)40-47(42,44)45/h4-15,19-22H,16-18,23H2,1-3H3,(H,40,43). The highest BCUT2D eigenvalue weighted by Gasteiger charge is 2.34. The van der Waals surface area contributed by atoms with Crippen LogP contribution >= 0.6 is 11.8 Å². The molecule has 0 spiro atoms. The van der Waals surface area contributed by atoms with Crippen LogP contribution in [0.5, 0.6) is 0 Å². The number of benzene rings is 4. The van der Waals surface area contributed by atoms with Crippen LogP contribution in [0.25, 0.3) is 28.1 Å². The first-order valence-corrected chi connectivity index (χ1v) is 17.6. The Kier molecular flexibility index (Phi) is 8.95. The Balaban J connectivity index is 1.31. The maximum absolute atomic E-state index is 14.8. The van der Waals surface area contributed by atoms with Crippen LogP contribution in [-0.4, -0.2) is 36.2 Å². The molecule has 1 amide bonds. The van der Waals surface area contributed by atoms with E-state index in [0.717, 1.165) is 39.2 Å². The SMILES string of the molecule is CC(C)(C)CCSc1cccc(-c2ccc(Cc3nc(-c4ccc(F)cc4F)cn3-c3cccc(N4CC(=O)NS4(=O)=O)c3)cc2)c1. The van der Waals surface area contributed by atoms with Crippen LogP contribution in [0.1, 0.15) is 38.6 Å². The summed E-state index contributed by atoms with van der Waals surface area (Å²) in [4.78, 5) is 17.8. The Morgan fingerprint density at radius 1 is 0.894 bits per heavy atom. The molecule has 0 radical (unpaired) electrons. The van der Waals surface area contributed by atoms with Gasteiger partial charge in [0, 0.05) is 34.8 Å². The van der Waals surface area contributed by atoms with Gasteiger partial charge in [-0.1, -0.05) is 63.2 Å². The van der Waals surface area contributed by atoms with Gasteiger partial charge in [0.05, 0.1) is 11.4 Å². The average molecular weight is 673 g/mol. The topological polar surface area (TPSA) is 84.3 Å². The number of amides is 1. The smallest absolute Gasteiger partial charge is 0.303 e. The van der Waals surface area contributed by atoms with Crippen LogP contribution in [0.15, 0.2) is 102 Å². The van der Waals surface area contributed by atoms with Crippen molar-refractivity contribution in [2.75, 3.05) is 16.6 Å². The van der Waals surface area contributed by atoms with Crippen molar-refractivity contribution in [3.63, 3.8) is 0 Å². The molecule has 11 heteroatoms. The van der Waals surface area contributed by atoms with Crippen molar-refractivity contribution in [1.29, 1.82) is 0 Å². The van der Waals surface area contributed by atoms with Crippen molar-refractivity contribution in [2.45, 2.75) is 38.5 Å². The lowest BCUT2D eigenvalue weighted by atomic mass is 9.94. The van der Waals surface area contributed by atoms with Crippen LogP contribution in [0.2, 0.25) is 0 Å². The summed E-state index contributed by atoms with van der Waals surface area (Å²) in [6.07, 6.45) is 3.14. The van der Waals surface area contributed by atoms with E-state index < -0.39 is 27.8 Å². The second-order valence-corrected chi connectivity index (χ2v) is 15.4. The fourth-order valence-electron chi connectivity index (χ4n) is 5.31. The fourth-order valence-corrected chi connectivity index (χ4v) is 7.78. The number of hydrogen-bond acceptors (Lipinski definition) is 5. The maximum Gasteiger partial charge on any atom is 0.326 e. The molecule has 1 aliphatic rings. The number of halogens is 2. The lowest BCUT2D eigenvalue weighted by Crippen LogP contribution is -2.29. The minimum absolute atomic E-state index is 0.134. The molecule has 7 nitrogen and oxygen atoms in total. The monoisotopic (exact) mass is 672 g/mol. The molecule has 0 atom stereocenters. The summed E-state index contributed by atoms with van der Waals surface area (Å²) in [5, 5.41) is 0. The third-order valence-corrected chi connectivity index (χ3v) is 10.2. The highest BCUT2D eigenvalue weighted by atomic mass is 32.2. The first-order valence-electron chi connectivity index (χ1n) is 15.1. The number of nitrogens with one attached hydrogen (secondary N) is 1. The third-order valence-electron chi connectivity index (χ3n) is 7.81. The Morgan fingerprint density at radius 3 is 2.34 bits per heavy atom. The van der Waals surface area contributed by atoms with Crippen molar-refractivity contribution >= 4 is 33.6 Å². The largest absolute Gasteiger partial charge is 0.326 e. The molecule has 6 rings (SSSR count). The summed E-state index contributed by atoms with van der Waals surface area (Å²) in [6.45, 7) is 6.41. The summed E-state index contributed by atoms with van der Waals surface area (Å²) >= 11 is 1.86. The molecule has 1 saturated heterocycles. The van der Waals surface area contributed by atoms with Gasteiger partial charge in [0.1, 0.15) is 24.0 Å². The zero-order valence-corrected chi connectivity index (χ0v) is 27.8. The Morgan fingerprint density at radius 2 is 1.64 bits per heavy atom. The van der Waals surface area contributed by atoms with E-state index in [2.05, 4.69) is 57.2 Å². The van der Waals surface area contributed by atoms with Gasteiger partial charge in [-0.15, -0.1) is 11.8 Å². The molecule has 47 heavy (non-hydrogen) atoms. The summed E-state index contributed by atoms with van der Waals surface area (Å²) in [6, 6.07) is 26.7. The summed E-state index contributed by atoms with van der Waals surface area (Å²) in [7, 11) is -4.01. The molecule has 1 aromatic heterocycles. The van der Waals surface area contributed by atoms with Gasteiger partial charge in [0.25, 0.3) is 5.91 Å². The van der Waals surface area contributed by atoms with Crippen molar-refractivity contribution in [1.82, 2.24) is 14.3 Å². The molecule has 1 fully saturated rings. The first-order chi connectivity index (χ1) is 22.3. The lowest BCUT2D eigenvalue weighted by molar-refractivity contribution is -0.117. The quantitative estimate of drug-likeness (QED) is 0.162. The van der Waals surface area contributed by atoms with Crippen molar-refractivity contribution in [3.8, 4) is 28.1 Å². The Labute approximate surface area is 277 Å². The number of anilines is 1. The third kappa shape index (κ3) is 7.58. The van der Waals surface area contributed by atoms with Gasteiger partial charge in [-0.05, 0) is 76.7 Å². The van der Waals surface area contributed by atoms with Crippen molar-refractivity contribution in [3.05, 3.63) is 120 Å². The molecular weight excluding hydrogens is 639 g/mol. The minimum atomic E-state index is -4.01. The van der Waals surface area contributed by atoms with E-state index in [1.165, 1.54) is 17.0 Å². The van der Waals surface area contributed by atoms with E-state index in [1.54, 1.807) is 35.0 Å². The molecule has 2 heterocycles. The highest BCUT2D eigenvalue weighted by molar-refractivity contribution is 7.99. The molecule has 5 aromatic rings. The van der Waals surface area contributed by atoms with Crippen LogP contribution in [0.4, 0.5) is 14.5 Å². The van der Waals surface area contributed by atoms with Gasteiger partial charge in [-0.25, -0.2) is 22.8 Å². The van der Waals surface area contributed by atoms with E-state index in [4.69, 9.17) is 4.98 Å². The lowest BCUT2D eigenvalue weighted by Gasteiger charge is -2.17. The number of thioether (sulfide) groups is 1. The molecule has 4 aromatic carbocycles. The Bertz CT molecular complexity index is 2060. The van der Waals surface area contributed by atoms with E-state index in [1.807, 2.05) is 28.6 Å². The van der Waals surface area contributed by atoms with Crippen LogP contribution in [-0.2, 0) is 21.4 Å². The summed E-state index contributed by atoms with van der Waals surface area (Å²) in [5.74, 6) is -0.450. The molecule has 1 N–H and O–H groups in total. The van der Waals surface area contributed by atoms with Gasteiger partial charge in [0.15, 0.2) is 0 Å². The van der Waals surface area contributed by atoms with E-state index in [0.29, 0.717) is 29.0 Å². The highest BCUT2D eigenvalue weighted by Crippen LogP contribution is 2.31. The number of carbonyl (C=O) groups is 1. The van der Waals surface area contributed by atoms with E-state index >= 15 is 0 Å². The summed E-state index contributed by atoms with van der Waals surface area (Å²) < 4.78 is 58.3. The zero-order chi connectivity index (χ0) is 33.3.